The molecule has 0 spiro atoms. The zero-order chi connectivity index (χ0) is 24.3. The number of ether oxygens (including phenoxy) is 4. The van der Waals surface area contributed by atoms with E-state index in [4.69, 9.17) is 23.4 Å². The fraction of sp³-hybridized carbons (Fsp3) is 0.296. The van der Waals surface area contributed by atoms with E-state index in [1.165, 1.54) is 0 Å². The molecule has 6 rings (SSSR count). The van der Waals surface area contributed by atoms with Crippen LogP contribution in [-0.4, -0.2) is 47.1 Å². The van der Waals surface area contributed by atoms with Gasteiger partial charge >= 0.3 is 5.69 Å². The second kappa shape index (κ2) is 9.96. The molecule has 0 N–H and O–H groups in total. The lowest BCUT2D eigenvalue weighted by Gasteiger charge is -2.24. The Morgan fingerprint density at radius 2 is 1.97 bits per heavy atom. The van der Waals surface area contributed by atoms with E-state index in [0.29, 0.717) is 50.2 Å². The Morgan fingerprint density at radius 1 is 1.06 bits per heavy atom. The molecule has 4 heterocycles. The third-order valence-electron chi connectivity index (χ3n) is 6.22. The molecule has 0 saturated carbocycles. The SMILES string of the molecule is O=c1nc(OCC2COCCO2)cc2n1CCc1cc(OCc3ncc(-c4ccccc4)o3)ccc1-2. The number of aromatic nitrogens is 3. The average molecular weight is 488 g/mol. The molecule has 1 fully saturated rings. The Morgan fingerprint density at radius 3 is 2.83 bits per heavy atom. The number of benzene rings is 2. The number of rotatable bonds is 7. The molecule has 36 heavy (non-hydrogen) atoms. The lowest BCUT2D eigenvalue weighted by molar-refractivity contribution is -0.102. The highest BCUT2D eigenvalue weighted by atomic mass is 16.6. The van der Waals surface area contributed by atoms with Crippen LogP contribution in [0, 0.1) is 0 Å². The van der Waals surface area contributed by atoms with Gasteiger partial charge in [0.15, 0.2) is 12.4 Å². The van der Waals surface area contributed by atoms with Crippen LogP contribution in [0.5, 0.6) is 11.6 Å². The van der Waals surface area contributed by atoms with E-state index in [1.54, 1.807) is 10.8 Å². The largest absolute Gasteiger partial charge is 0.484 e. The van der Waals surface area contributed by atoms with Gasteiger partial charge in [0.2, 0.25) is 11.8 Å². The topological polar surface area (TPSA) is 97.8 Å². The van der Waals surface area contributed by atoms with Crippen molar-refractivity contribution in [3.05, 3.63) is 82.7 Å². The zero-order valence-electron chi connectivity index (χ0n) is 19.6. The smallest absolute Gasteiger partial charge is 0.351 e. The van der Waals surface area contributed by atoms with Crippen molar-refractivity contribution in [1.29, 1.82) is 0 Å². The summed E-state index contributed by atoms with van der Waals surface area (Å²) >= 11 is 0. The number of fused-ring (bicyclic) bond motifs is 3. The van der Waals surface area contributed by atoms with Crippen LogP contribution < -0.4 is 15.2 Å². The third-order valence-corrected chi connectivity index (χ3v) is 6.22. The second-order valence-electron chi connectivity index (χ2n) is 8.63. The maximum absolute atomic E-state index is 12.7. The average Bonchev–Trinajstić information content (AvgIpc) is 3.41. The first-order valence-electron chi connectivity index (χ1n) is 11.9. The summed E-state index contributed by atoms with van der Waals surface area (Å²) in [6, 6.07) is 17.5. The van der Waals surface area contributed by atoms with Crippen molar-refractivity contribution in [2.45, 2.75) is 25.7 Å². The molecular weight excluding hydrogens is 462 g/mol. The second-order valence-corrected chi connectivity index (χ2v) is 8.63. The van der Waals surface area contributed by atoms with E-state index in [9.17, 15) is 4.79 Å². The van der Waals surface area contributed by atoms with Crippen molar-refractivity contribution in [1.82, 2.24) is 14.5 Å². The van der Waals surface area contributed by atoms with Crippen LogP contribution >= 0.6 is 0 Å². The minimum absolute atomic E-state index is 0.168. The highest BCUT2D eigenvalue weighted by Crippen LogP contribution is 2.32. The third kappa shape index (κ3) is 4.75. The van der Waals surface area contributed by atoms with Crippen molar-refractivity contribution >= 4 is 0 Å². The fourth-order valence-corrected chi connectivity index (χ4v) is 4.42. The minimum Gasteiger partial charge on any atom is -0.484 e. The van der Waals surface area contributed by atoms with Gasteiger partial charge in [-0.3, -0.25) is 4.57 Å². The van der Waals surface area contributed by atoms with Crippen molar-refractivity contribution in [2.75, 3.05) is 26.4 Å². The summed E-state index contributed by atoms with van der Waals surface area (Å²) in [6.07, 6.45) is 2.24. The highest BCUT2D eigenvalue weighted by Gasteiger charge is 2.21. The lowest BCUT2D eigenvalue weighted by Crippen LogP contribution is -2.34. The maximum Gasteiger partial charge on any atom is 0.351 e. The van der Waals surface area contributed by atoms with Crippen molar-refractivity contribution < 1.29 is 23.4 Å². The minimum atomic E-state index is -0.326. The number of hydrogen-bond acceptors (Lipinski definition) is 8. The summed E-state index contributed by atoms with van der Waals surface area (Å²) < 4.78 is 30.3. The van der Waals surface area contributed by atoms with E-state index < -0.39 is 0 Å². The van der Waals surface area contributed by atoms with Crippen LogP contribution in [0.1, 0.15) is 11.5 Å². The molecule has 0 radical (unpaired) electrons. The maximum atomic E-state index is 12.7. The number of hydrogen-bond donors (Lipinski definition) is 0. The molecule has 2 aromatic heterocycles. The summed E-state index contributed by atoms with van der Waals surface area (Å²) in [4.78, 5) is 21.1. The molecule has 1 unspecified atom stereocenters. The predicted octanol–water partition coefficient (Wildman–Crippen LogP) is 3.49. The molecular formula is C27H25N3O6. The first-order chi connectivity index (χ1) is 17.7. The molecule has 0 bridgehead atoms. The Kier molecular flexibility index (Phi) is 6.23. The summed E-state index contributed by atoms with van der Waals surface area (Å²) in [6.45, 7) is 2.63. The van der Waals surface area contributed by atoms with Gasteiger partial charge < -0.3 is 23.4 Å². The Bertz CT molecular complexity index is 1410. The van der Waals surface area contributed by atoms with E-state index in [0.717, 1.165) is 22.4 Å². The number of nitrogens with zero attached hydrogens (tertiary/aromatic N) is 3. The number of aryl methyl sites for hydroxylation is 1. The van der Waals surface area contributed by atoms with Gasteiger partial charge in [-0.25, -0.2) is 9.78 Å². The van der Waals surface area contributed by atoms with E-state index in [1.807, 2.05) is 54.6 Å². The lowest BCUT2D eigenvalue weighted by atomic mass is 9.97. The van der Waals surface area contributed by atoms with Crippen LogP contribution in [0.25, 0.3) is 22.6 Å². The summed E-state index contributed by atoms with van der Waals surface area (Å²) in [5.41, 5.74) is 3.46. The van der Waals surface area contributed by atoms with Crippen LogP contribution in [0.4, 0.5) is 0 Å². The summed E-state index contributed by atoms with van der Waals surface area (Å²) in [5.74, 6) is 2.20. The van der Waals surface area contributed by atoms with Crippen molar-refractivity contribution in [2.24, 2.45) is 0 Å². The van der Waals surface area contributed by atoms with Gasteiger partial charge in [0.25, 0.3) is 0 Å². The normalized spacial score (nSPS) is 16.7. The van der Waals surface area contributed by atoms with E-state index in [2.05, 4.69) is 9.97 Å². The monoisotopic (exact) mass is 487 g/mol. The Balaban J connectivity index is 1.16. The van der Waals surface area contributed by atoms with Gasteiger partial charge in [-0.1, -0.05) is 30.3 Å². The standard InChI is InChI=1S/C27H25N3O6/c31-27-29-25(35-16-21-15-32-10-11-33-21)13-23-22-7-6-20(12-19(22)8-9-30(23)27)34-17-26-28-14-24(36-26)18-4-2-1-3-5-18/h1-7,12-14,21H,8-11,15-17H2. The molecule has 1 atom stereocenters. The van der Waals surface area contributed by atoms with Crippen LogP contribution in [-0.2, 0) is 29.0 Å². The first kappa shape index (κ1) is 22.5. The zero-order valence-corrected chi connectivity index (χ0v) is 19.6. The van der Waals surface area contributed by atoms with E-state index in [-0.39, 0.29) is 30.9 Å². The molecule has 2 aromatic carbocycles. The van der Waals surface area contributed by atoms with Gasteiger partial charge in [0.05, 0.1) is 31.7 Å². The quantitative estimate of drug-likeness (QED) is 0.391. The molecule has 9 nitrogen and oxygen atoms in total. The van der Waals surface area contributed by atoms with Crippen LogP contribution in [0.3, 0.4) is 0 Å². The fourth-order valence-electron chi connectivity index (χ4n) is 4.42. The summed E-state index contributed by atoms with van der Waals surface area (Å²) in [5, 5.41) is 0. The molecule has 9 heteroatoms. The highest BCUT2D eigenvalue weighted by molar-refractivity contribution is 5.67. The van der Waals surface area contributed by atoms with Crippen LogP contribution in [0.2, 0.25) is 0 Å². The van der Waals surface area contributed by atoms with Gasteiger partial charge in [-0.15, -0.1) is 0 Å². The molecule has 2 aliphatic rings. The predicted molar refractivity (Wildman–Crippen MR) is 130 cm³/mol. The van der Waals surface area contributed by atoms with Gasteiger partial charge in [0.1, 0.15) is 18.5 Å². The molecule has 184 valence electrons. The van der Waals surface area contributed by atoms with Crippen molar-refractivity contribution in [3.8, 4) is 34.2 Å². The van der Waals surface area contributed by atoms with E-state index >= 15 is 0 Å². The molecule has 2 aliphatic heterocycles. The Hall–Kier alpha value is -3.95. The molecule has 0 amide bonds. The summed E-state index contributed by atoms with van der Waals surface area (Å²) in [7, 11) is 0. The van der Waals surface area contributed by atoms with Crippen LogP contribution in [0.15, 0.2) is 70.0 Å². The van der Waals surface area contributed by atoms with Gasteiger partial charge in [0, 0.05) is 23.7 Å². The molecule has 1 saturated heterocycles. The Labute approximate surface area is 207 Å². The van der Waals surface area contributed by atoms with Crippen molar-refractivity contribution in [3.63, 3.8) is 0 Å². The number of oxazole rings is 1. The first-order valence-corrected chi connectivity index (χ1v) is 11.9. The molecule has 4 aromatic rings. The molecule has 0 aliphatic carbocycles. The van der Waals surface area contributed by atoms with Gasteiger partial charge in [-0.2, -0.15) is 4.98 Å². The van der Waals surface area contributed by atoms with Gasteiger partial charge in [-0.05, 0) is 30.2 Å².